The van der Waals surface area contributed by atoms with Crippen LogP contribution in [0.25, 0.3) is 11.1 Å². The normalized spacial score (nSPS) is 12.2. The molecular formula is C30H33ClF4N2O6. The minimum absolute atomic E-state index is 0.00191. The van der Waals surface area contributed by atoms with Crippen LogP contribution in [0.3, 0.4) is 0 Å². The number of aliphatic carboxylic acids is 1. The fraction of sp³-hybridized carbons (Fsp3) is 0.333. The number of halogens is 5. The molecular weight excluding hydrogens is 596 g/mol. The van der Waals surface area contributed by atoms with E-state index in [4.69, 9.17) is 36.7 Å². The Morgan fingerprint density at radius 3 is 2.19 bits per heavy atom. The van der Waals surface area contributed by atoms with E-state index in [2.05, 4.69) is 5.32 Å². The van der Waals surface area contributed by atoms with E-state index in [9.17, 15) is 23.1 Å². The second-order valence-corrected chi connectivity index (χ2v) is 10.4. The first-order chi connectivity index (χ1) is 20.1. The molecule has 1 atom stereocenters. The van der Waals surface area contributed by atoms with Crippen molar-refractivity contribution in [3.8, 4) is 16.9 Å². The quantitative estimate of drug-likeness (QED) is 0.156. The van der Waals surface area contributed by atoms with Gasteiger partial charge in [-0.15, -0.1) is 0 Å². The Morgan fingerprint density at radius 1 is 1.02 bits per heavy atom. The highest BCUT2D eigenvalue weighted by Gasteiger charge is 2.38. The van der Waals surface area contributed by atoms with Gasteiger partial charge < -0.3 is 30.7 Å². The van der Waals surface area contributed by atoms with Crippen molar-refractivity contribution in [2.45, 2.75) is 31.5 Å². The van der Waals surface area contributed by atoms with Crippen LogP contribution >= 0.6 is 11.6 Å². The highest BCUT2D eigenvalue weighted by atomic mass is 35.5. The molecule has 3 aromatic carbocycles. The maximum atomic E-state index is 15.7. The number of ether oxygens (including phenoxy) is 2. The standard InChI is InChI=1S/C28H32ClFN2O4.C2HF3O2/c1-28(2,34)17-32-16-22(18-7-5-4-6-8-18)19-9-11-23(29)21(15-19)25-20(27(31)33)10-12-24(26(25)30)36-14-13-35-3;3-2(4,5)1(6)7/h4-12,15,22,32,34H,13-14,16-17H2,1-3H3,(H2,31,33);(H,6,7). The van der Waals surface area contributed by atoms with E-state index in [0.717, 1.165) is 11.1 Å². The maximum Gasteiger partial charge on any atom is 0.490 e. The molecule has 0 bridgehead atoms. The van der Waals surface area contributed by atoms with E-state index in [1.54, 1.807) is 26.0 Å². The number of benzene rings is 3. The lowest BCUT2D eigenvalue weighted by atomic mass is 9.88. The van der Waals surface area contributed by atoms with E-state index in [-0.39, 0.29) is 41.0 Å². The summed E-state index contributed by atoms with van der Waals surface area (Å²) in [6, 6.07) is 18.0. The lowest BCUT2D eigenvalue weighted by Gasteiger charge is -2.24. The first-order valence-corrected chi connectivity index (χ1v) is 13.3. The van der Waals surface area contributed by atoms with Crippen molar-refractivity contribution in [3.63, 3.8) is 0 Å². The Hall–Kier alpha value is -3.71. The fourth-order valence-corrected chi connectivity index (χ4v) is 4.17. The molecule has 3 rings (SSSR count). The van der Waals surface area contributed by atoms with Crippen molar-refractivity contribution in [3.05, 3.63) is 88.2 Å². The van der Waals surface area contributed by atoms with Gasteiger partial charge in [0, 0.05) is 42.3 Å². The first kappa shape index (κ1) is 35.5. The number of nitrogens with two attached hydrogens (primary N) is 1. The predicted molar refractivity (Wildman–Crippen MR) is 154 cm³/mol. The fourth-order valence-electron chi connectivity index (χ4n) is 3.96. The maximum absolute atomic E-state index is 15.7. The zero-order valence-corrected chi connectivity index (χ0v) is 24.4. The number of alkyl halides is 3. The first-order valence-electron chi connectivity index (χ1n) is 12.9. The Morgan fingerprint density at radius 2 is 1.65 bits per heavy atom. The summed E-state index contributed by atoms with van der Waals surface area (Å²) in [4.78, 5) is 21.1. The van der Waals surface area contributed by atoms with Crippen molar-refractivity contribution in [2.75, 3.05) is 33.4 Å². The third-order valence-electron chi connectivity index (χ3n) is 5.93. The largest absolute Gasteiger partial charge is 0.490 e. The van der Waals surface area contributed by atoms with Gasteiger partial charge in [0.1, 0.15) is 6.61 Å². The molecule has 0 aliphatic heterocycles. The second kappa shape index (κ2) is 15.7. The second-order valence-electron chi connectivity index (χ2n) is 9.95. The molecule has 0 aromatic heterocycles. The van der Waals surface area contributed by atoms with Crippen LogP contribution in [0.1, 0.15) is 41.3 Å². The summed E-state index contributed by atoms with van der Waals surface area (Å²) in [7, 11) is 1.52. The monoisotopic (exact) mass is 628 g/mol. The molecule has 13 heteroatoms. The number of methoxy groups -OCH3 is 1. The Balaban J connectivity index is 0.000000821. The van der Waals surface area contributed by atoms with Gasteiger partial charge in [0.2, 0.25) is 5.91 Å². The van der Waals surface area contributed by atoms with E-state index in [1.807, 2.05) is 36.4 Å². The van der Waals surface area contributed by atoms with Gasteiger partial charge in [0.05, 0.1) is 17.8 Å². The molecule has 3 aromatic rings. The van der Waals surface area contributed by atoms with Crippen LogP contribution in [0.5, 0.6) is 5.75 Å². The summed E-state index contributed by atoms with van der Waals surface area (Å²) in [6.07, 6.45) is -5.08. The van der Waals surface area contributed by atoms with Crippen LogP contribution in [0.4, 0.5) is 17.6 Å². The number of amides is 1. The van der Waals surface area contributed by atoms with Gasteiger partial charge in [-0.05, 0) is 49.2 Å². The van der Waals surface area contributed by atoms with E-state index < -0.39 is 29.5 Å². The zero-order valence-electron chi connectivity index (χ0n) is 23.7. The van der Waals surface area contributed by atoms with Crippen LogP contribution in [0.15, 0.2) is 60.7 Å². The van der Waals surface area contributed by atoms with E-state index >= 15 is 4.39 Å². The number of rotatable bonds is 12. The number of nitrogens with one attached hydrogen (secondary N) is 1. The molecule has 43 heavy (non-hydrogen) atoms. The van der Waals surface area contributed by atoms with Gasteiger partial charge >= 0.3 is 12.1 Å². The molecule has 0 saturated heterocycles. The van der Waals surface area contributed by atoms with Crippen LogP contribution in [0, 0.1) is 5.82 Å². The van der Waals surface area contributed by atoms with Crippen LogP contribution < -0.4 is 15.8 Å². The molecule has 0 heterocycles. The molecule has 0 radical (unpaired) electrons. The Kier molecular flexibility index (Phi) is 12.9. The summed E-state index contributed by atoms with van der Waals surface area (Å²) >= 11 is 6.55. The predicted octanol–water partition coefficient (Wildman–Crippen LogP) is 5.40. The van der Waals surface area contributed by atoms with Gasteiger partial charge in [-0.2, -0.15) is 13.2 Å². The Labute approximate surface area is 251 Å². The summed E-state index contributed by atoms with van der Waals surface area (Å²) in [5.41, 5.74) is 6.92. The zero-order chi connectivity index (χ0) is 32.4. The lowest BCUT2D eigenvalue weighted by Crippen LogP contribution is -2.36. The van der Waals surface area contributed by atoms with Crippen molar-refractivity contribution in [1.29, 1.82) is 0 Å². The number of carbonyl (C=O) groups excluding carboxylic acids is 1. The summed E-state index contributed by atoms with van der Waals surface area (Å²) < 4.78 is 57.9. The van der Waals surface area contributed by atoms with Crippen LogP contribution in [0.2, 0.25) is 5.02 Å². The number of carboxylic acids is 1. The van der Waals surface area contributed by atoms with Gasteiger partial charge in [0.25, 0.3) is 0 Å². The minimum atomic E-state index is -5.08. The highest BCUT2D eigenvalue weighted by molar-refractivity contribution is 6.33. The third kappa shape index (κ3) is 10.8. The van der Waals surface area contributed by atoms with Crippen molar-refractivity contribution >= 4 is 23.5 Å². The van der Waals surface area contributed by atoms with Crippen molar-refractivity contribution in [2.24, 2.45) is 5.73 Å². The smallest absolute Gasteiger partial charge is 0.488 e. The lowest BCUT2D eigenvalue weighted by molar-refractivity contribution is -0.192. The molecule has 0 fully saturated rings. The Bertz CT molecular complexity index is 1380. The third-order valence-corrected chi connectivity index (χ3v) is 6.26. The van der Waals surface area contributed by atoms with E-state index in [1.165, 1.54) is 19.2 Å². The molecule has 0 aliphatic rings. The molecule has 5 N–H and O–H groups in total. The molecule has 8 nitrogen and oxygen atoms in total. The topological polar surface area (TPSA) is 131 Å². The minimum Gasteiger partial charge on any atom is -0.488 e. The SMILES string of the molecule is COCCOc1ccc(C(N)=O)c(-c2cc(C(CNCC(C)(C)O)c3ccccc3)ccc2Cl)c1F.O=C(O)C(F)(F)F. The van der Waals surface area contributed by atoms with Crippen molar-refractivity contribution in [1.82, 2.24) is 5.32 Å². The summed E-state index contributed by atoms with van der Waals surface area (Å²) in [6.45, 7) is 4.78. The molecule has 234 valence electrons. The number of hydrogen-bond donors (Lipinski definition) is 4. The summed E-state index contributed by atoms with van der Waals surface area (Å²) in [5, 5.41) is 20.8. The average Bonchev–Trinajstić information content (AvgIpc) is 2.92. The van der Waals surface area contributed by atoms with E-state index in [0.29, 0.717) is 18.7 Å². The number of primary amides is 1. The van der Waals surface area contributed by atoms with Gasteiger partial charge in [-0.1, -0.05) is 48.0 Å². The number of carboxylic acid groups (broad SMARTS) is 1. The number of aliphatic hydroxyl groups is 1. The molecule has 0 spiro atoms. The van der Waals surface area contributed by atoms with Crippen LogP contribution in [-0.2, 0) is 9.53 Å². The molecule has 0 saturated carbocycles. The number of carbonyl (C=O) groups is 2. The van der Waals surface area contributed by atoms with Crippen molar-refractivity contribution < 1.29 is 46.8 Å². The molecule has 1 amide bonds. The average molecular weight is 629 g/mol. The van der Waals surface area contributed by atoms with Gasteiger partial charge in [-0.25, -0.2) is 9.18 Å². The number of hydrogen-bond acceptors (Lipinski definition) is 6. The van der Waals surface area contributed by atoms with Gasteiger partial charge in [-0.3, -0.25) is 4.79 Å². The molecule has 1 unspecified atom stereocenters. The van der Waals surface area contributed by atoms with Crippen LogP contribution in [-0.4, -0.2) is 67.3 Å². The highest BCUT2D eigenvalue weighted by Crippen LogP contribution is 2.39. The van der Waals surface area contributed by atoms with Gasteiger partial charge in [0.15, 0.2) is 11.6 Å². The molecule has 0 aliphatic carbocycles. The summed E-state index contributed by atoms with van der Waals surface area (Å²) in [5.74, 6) is -4.42.